The standard InChI is InChI=1S/C17H27FN2/c1-19-13-17(9-4-3-5-10-17)14-20(2)12-15-7-6-8-16(18)11-15/h6-8,11,19H,3-5,9-10,12-14H2,1-2H3. The highest BCUT2D eigenvalue weighted by molar-refractivity contribution is 5.16. The largest absolute Gasteiger partial charge is 0.319 e. The van der Waals surface area contributed by atoms with E-state index in [9.17, 15) is 4.39 Å². The lowest BCUT2D eigenvalue weighted by Crippen LogP contribution is -2.43. The molecule has 0 radical (unpaired) electrons. The monoisotopic (exact) mass is 278 g/mol. The molecule has 0 heterocycles. The molecule has 3 heteroatoms. The molecule has 0 atom stereocenters. The van der Waals surface area contributed by atoms with Gasteiger partial charge < -0.3 is 10.2 Å². The van der Waals surface area contributed by atoms with Crippen molar-refractivity contribution in [3.63, 3.8) is 0 Å². The van der Waals surface area contributed by atoms with Crippen molar-refractivity contribution in [2.75, 3.05) is 27.2 Å². The number of rotatable bonds is 6. The van der Waals surface area contributed by atoms with Crippen molar-refractivity contribution in [1.29, 1.82) is 0 Å². The molecule has 0 aromatic heterocycles. The number of hydrogen-bond acceptors (Lipinski definition) is 2. The molecule has 1 fully saturated rings. The van der Waals surface area contributed by atoms with Gasteiger partial charge in [0.05, 0.1) is 0 Å². The molecule has 0 amide bonds. The van der Waals surface area contributed by atoms with Gasteiger partial charge in [-0.1, -0.05) is 31.4 Å². The van der Waals surface area contributed by atoms with Crippen molar-refractivity contribution in [3.05, 3.63) is 35.6 Å². The normalized spacial score (nSPS) is 18.4. The molecular weight excluding hydrogens is 251 g/mol. The molecule has 0 spiro atoms. The van der Waals surface area contributed by atoms with Gasteiger partial charge in [-0.15, -0.1) is 0 Å². The molecule has 0 unspecified atom stereocenters. The van der Waals surface area contributed by atoms with Gasteiger partial charge in [0.15, 0.2) is 0 Å². The van der Waals surface area contributed by atoms with Crippen LogP contribution in [0.1, 0.15) is 37.7 Å². The Balaban J connectivity index is 1.95. The van der Waals surface area contributed by atoms with Gasteiger partial charge in [-0.3, -0.25) is 0 Å². The third-order valence-electron chi connectivity index (χ3n) is 4.41. The van der Waals surface area contributed by atoms with E-state index in [0.717, 1.165) is 25.2 Å². The van der Waals surface area contributed by atoms with Gasteiger partial charge in [-0.25, -0.2) is 4.39 Å². The Morgan fingerprint density at radius 1 is 1.25 bits per heavy atom. The quantitative estimate of drug-likeness (QED) is 0.857. The van der Waals surface area contributed by atoms with Crippen LogP contribution in [0.3, 0.4) is 0 Å². The highest BCUT2D eigenvalue weighted by Gasteiger charge is 2.32. The summed E-state index contributed by atoms with van der Waals surface area (Å²) in [5.41, 5.74) is 1.46. The first-order chi connectivity index (χ1) is 9.63. The van der Waals surface area contributed by atoms with Gasteiger partial charge in [0, 0.05) is 19.6 Å². The number of halogens is 1. The van der Waals surface area contributed by atoms with E-state index in [1.54, 1.807) is 12.1 Å². The fourth-order valence-corrected chi connectivity index (χ4v) is 3.64. The van der Waals surface area contributed by atoms with E-state index in [1.807, 2.05) is 13.1 Å². The Hall–Kier alpha value is -0.930. The van der Waals surface area contributed by atoms with Crippen molar-refractivity contribution in [2.45, 2.75) is 38.6 Å². The third-order valence-corrected chi connectivity index (χ3v) is 4.41. The van der Waals surface area contributed by atoms with Crippen LogP contribution in [-0.2, 0) is 6.54 Å². The zero-order valence-corrected chi connectivity index (χ0v) is 12.8. The van der Waals surface area contributed by atoms with E-state index >= 15 is 0 Å². The zero-order chi connectivity index (χ0) is 14.4. The lowest BCUT2D eigenvalue weighted by atomic mass is 9.73. The Kier molecular flexibility index (Phi) is 5.55. The fourth-order valence-electron chi connectivity index (χ4n) is 3.64. The molecule has 2 rings (SSSR count). The first-order valence-corrected chi connectivity index (χ1v) is 7.71. The average Bonchev–Trinajstić information content (AvgIpc) is 2.39. The van der Waals surface area contributed by atoms with Crippen molar-refractivity contribution in [3.8, 4) is 0 Å². The van der Waals surface area contributed by atoms with Gasteiger partial charge in [0.2, 0.25) is 0 Å². The predicted molar refractivity (Wildman–Crippen MR) is 82.2 cm³/mol. The van der Waals surface area contributed by atoms with Crippen molar-refractivity contribution < 1.29 is 4.39 Å². The van der Waals surface area contributed by atoms with E-state index in [2.05, 4.69) is 17.3 Å². The van der Waals surface area contributed by atoms with Gasteiger partial charge in [0.1, 0.15) is 5.82 Å². The summed E-state index contributed by atoms with van der Waals surface area (Å²) in [4.78, 5) is 2.34. The van der Waals surface area contributed by atoms with Gasteiger partial charge in [0.25, 0.3) is 0 Å². The van der Waals surface area contributed by atoms with E-state index in [1.165, 1.54) is 38.2 Å². The maximum absolute atomic E-state index is 13.2. The van der Waals surface area contributed by atoms with E-state index in [-0.39, 0.29) is 5.82 Å². The van der Waals surface area contributed by atoms with Gasteiger partial charge >= 0.3 is 0 Å². The second-order valence-electron chi connectivity index (χ2n) is 6.39. The topological polar surface area (TPSA) is 15.3 Å². The molecule has 2 nitrogen and oxygen atoms in total. The van der Waals surface area contributed by atoms with Crippen LogP contribution in [0.4, 0.5) is 4.39 Å². The minimum Gasteiger partial charge on any atom is -0.319 e. The Bertz CT molecular complexity index is 408. The maximum Gasteiger partial charge on any atom is 0.123 e. The van der Waals surface area contributed by atoms with Crippen LogP contribution in [-0.4, -0.2) is 32.1 Å². The molecule has 1 aliphatic carbocycles. The average molecular weight is 278 g/mol. The number of nitrogens with one attached hydrogen (secondary N) is 1. The van der Waals surface area contributed by atoms with Crippen LogP contribution in [0.25, 0.3) is 0 Å². The van der Waals surface area contributed by atoms with Crippen molar-refractivity contribution in [1.82, 2.24) is 10.2 Å². The summed E-state index contributed by atoms with van der Waals surface area (Å²) in [7, 11) is 4.19. The molecule has 1 aromatic carbocycles. The smallest absolute Gasteiger partial charge is 0.123 e. The molecule has 1 aliphatic rings. The van der Waals surface area contributed by atoms with E-state index < -0.39 is 0 Å². The van der Waals surface area contributed by atoms with Crippen LogP contribution in [0, 0.1) is 11.2 Å². The maximum atomic E-state index is 13.2. The third kappa shape index (κ3) is 4.29. The Morgan fingerprint density at radius 3 is 2.65 bits per heavy atom. The highest BCUT2D eigenvalue weighted by Crippen LogP contribution is 2.36. The first-order valence-electron chi connectivity index (χ1n) is 7.71. The summed E-state index contributed by atoms with van der Waals surface area (Å²) in [5.74, 6) is -0.140. The van der Waals surface area contributed by atoms with Crippen molar-refractivity contribution >= 4 is 0 Å². The SMILES string of the molecule is CNCC1(CN(C)Cc2cccc(F)c2)CCCCC1. The molecule has 0 saturated heterocycles. The number of benzene rings is 1. The molecular formula is C17H27FN2. The molecule has 20 heavy (non-hydrogen) atoms. The Morgan fingerprint density at radius 2 is 2.00 bits per heavy atom. The second kappa shape index (κ2) is 7.19. The summed E-state index contributed by atoms with van der Waals surface area (Å²) >= 11 is 0. The number of nitrogens with zero attached hydrogens (tertiary/aromatic N) is 1. The summed E-state index contributed by atoms with van der Waals surface area (Å²) < 4.78 is 13.2. The molecule has 0 aliphatic heterocycles. The van der Waals surface area contributed by atoms with Gasteiger partial charge in [-0.05, 0) is 50.0 Å². The molecule has 1 aromatic rings. The summed E-state index contributed by atoms with van der Waals surface area (Å²) in [6.45, 7) is 2.99. The molecule has 1 N–H and O–H groups in total. The van der Waals surface area contributed by atoms with Gasteiger partial charge in [-0.2, -0.15) is 0 Å². The predicted octanol–water partition coefficient (Wildman–Crippen LogP) is 3.43. The molecule has 112 valence electrons. The first kappa shape index (κ1) is 15.5. The van der Waals surface area contributed by atoms with Crippen LogP contribution in [0.5, 0.6) is 0 Å². The van der Waals surface area contributed by atoms with Crippen LogP contribution in [0.15, 0.2) is 24.3 Å². The minimum atomic E-state index is -0.140. The van der Waals surface area contributed by atoms with E-state index in [4.69, 9.17) is 0 Å². The molecule has 1 saturated carbocycles. The number of hydrogen-bond donors (Lipinski definition) is 1. The molecule has 0 bridgehead atoms. The second-order valence-corrected chi connectivity index (χ2v) is 6.39. The fraction of sp³-hybridized carbons (Fsp3) is 0.647. The van der Waals surface area contributed by atoms with Crippen molar-refractivity contribution in [2.24, 2.45) is 5.41 Å². The lowest BCUT2D eigenvalue weighted by Gasteiger charge is -2.40. The van der Waals surface area contributed by atoms with E-state index in [0.29, 0.717) is 5.41 Å². The summed E-state index contributed by atoms with van der Waals surface area (Å²) in [5, 5.41) is 3.37. The minimum absolute atomic E-state index is 0.140. The summed E-state index contributed by atoms with van der Waals surface area (Å²) in [6.07, 6.45) is 6.67. The zero-order valence-electron chi connectivity index (χ0n) is 12.8. The van der Waals surface area contributed by atoms with Crippen LogP contribution >= 0.6 is 0 Å². The Labute approximate surface area is 122 Å². The summed E-state index contributed by atoms with van der Waals surface area (Å²) in [6, 6.07) is 6.95. The van der Waals surface area contributed by atoms with Crippen LogP contribution < -0.4 is 5.32 Å². The lowest BCUT2D eigenvalue weighted by molar-refractivity contribution is 0.116. The van der Waals surface area contributed by atoms with Crippen LogP contribution in [0.2, 0.25) is 0 Å². The highest BCUT2D eigenvalue weighted by atomic mass is 19.1.